The molecule has 0 saturated heterocycles. The normalized spacial score (nSPS) is 11.0. The molecular formula is C10H7BrN4. The first kappa shape index (κ1) is 8.67. The summed E-state index contributed by atoms with van der Waals surface area (Å²) in [4.78, 5) is 7.23. The molecule has 4 nitrogen and oxygen atoms in total. The molecule has 3 aromatic rings. The van der Waals surface area contributed by atoms with Crippen LogP contribution in [0.1, 0.15) is 0 Å². The van der Waals surface area contributed by atoms with Crippen molar-refractivity contribution in [2.24, 2.45) is 0 Å². The molecule has 5 heteroatoms. The fourth-order valence-electron chi connectivity index (χ4n) is 1.56. The Morgan fingerprint density at radius 2 is 2.20 bits per heavy atom. The van der Waals surface area contributed by atoms with Crippen molar-refractivity contribution in [3.8, 4) is 11.5 Å². The summed E-state index contributed by atoms with van der Waals surface area (Å²) < 4.78 is 1.03. The Hall–Kier alpha value is -1.62. The van der Waals surface area contributed by atoms with Crippen molar-refractivity contribution in [2.45, 2.75) is 0 Å². The Labute approximate surface area is 93.9 Å². The number of halogens is 1. The number of rotatable bonds is 1. The van der Waals surface area contributed by atoms with Gasteiger partial charge in [-0.2, -0.15) is 5.10 Å². The van der Waals surface area contributed by atoms with E-state index in [1.165, 1.54) is 0 Å². The number of aromatic nitrogens is 4. The number of benzene rings is 1. The van der Waals surface area contributed by atoms with Crippen LogP contribution in [0.4, 0.5) is 0 Å². The topological polar surface area (TPSA) is 57.4 Å². The number of aromatic amines is 2. The van der Waals surface area contributed by atoms with Crippen molar-refractivity contribution in [3.05, 3.63) is 35.1 Å². The van der Waals surface area contributed by atoms with Crippen molar-refractivity contribution in [3.63, 3.8) is 0 Å². The van der Waals surface area contributed by atoms with Gasteiger partial charge in [0.15, 0.2) is 5.82 Å². The van der Waals surface area contributed by atoms with Crippen LogP contribution in [0, 0.1) is 0 Å². The van der Waals surface area contributed by atoms with Gasteiger partial charge in [0.25, 0.3) is 0 Å². The van der Waals surface area contributed by atoms with Gasteiger partial charge in [-0.05, 0) is 18.2 Å². The zero-order valence-corrected chi connectivity index (χ0v) is 9.25. The molecule has 74 valence electrons. The van der Waals surface area contributed by atoms with Crippen LogP contribution in [0.5, 0.6) is 0 Å². The minimum Gasteiger partial charge on any atom is -0.343 e. The average Bonchev–Trinajstić information content (AvgIpc) is 2.83. The zero-order valence-electron chi connectivity index (χ0n) is 7.66. The number of hydrogen-bond donors (Lipinski definition) is 2. The Kier molecular flexibility index (Phi) is 1.85. The van der Waals surface area contributed by atoms with Gasteiger partial charge >= 0.3 is 0 Å². The van der Waals surface area contributed by atoms with E-state index < -0.39 is 0 Å². The van der Waals surface area contributed by atoms with E-state index in [0.717, 1.165) is 26.9 Å². The number of H-pyrrole nitrogens is 2. The standard InChI is InChI=1S/C10H7BrN4/c11-6-1-2-8-7(5-6)9(15-14-8)10-12-3-4-13-10/h1-5H,(H,12,13)(H,14,15). The lowest BCUT2D eigenvalue weighted by atomic mass is 10.2. The van der Waals surface area contributed by atoms with Gasteiger partial charge in [0.05, 0.1) is 5.52 Å². The molecule has 0 amide bonds. The number of nitrogens with one attached hydrogen (secondary N) is 2. The summed E-state index contributed by atoms with van der Waals surface area (Å²) in [6.07, 6.45) is 3.50. The van der Waals surface area contributed by atoms with Crippen molar-refractivity contribution in [2.75, 3.05) is 0 Å². The fraction of sp³-hybridized carbons (Fsp3) is 0. The van der Waals surface area contributed by atoms with E-state index in [-0.39, 0.29) is 0 Å². The van der Waals surface area contributed by atoms with Crippen LogP contribution in [0.3, 0.4) is 0 Å². The molecule has 3 rings (SSSR count). The van der Waals surface area contributed by atoms with Crippen LogP contribution < -0.4 is 0 Å². The van der Waals surface area contributed by atoms with E-state index in [0.29, 0.717) is 0 Å². The second-order valence-electron chi connectivity index (χ2n) is 3.20. The van der Waals surface area contributed by atoms with Crippen LogP contribution in [-0.4, -0.2) is 20.2 Å². The van der Waals surface area contributed by atoms with Gasteiger partial charge in [0.2, 0.25) is 0 Å². The van der Waals surface area contributed by atoms with Gasteiger partial charge < -0.3 is 4.98 Å². The van der Waals surface area contributed by atoms with Crippen LogP contribution in [-0.2, 0) is 0 Å². The van der Waals surface area contributed by atoms with Gasteiger partial charge in [-0.1, -0.05) is 15.9 Å². The summed E-state index contributed by atoms with van der Waals surface area (Å²) in [5.41, 5.74) is 1.85. The minimum absolute atomic E-state index is 0.777. The predicted octanol–water partition coefficient (Wildman–Crippen LogP) is 2.72. The molecule has 0 aliphatic carbocycles. The Balaban J connectivity index is 2.32. The molecule has 0 aliphatic heterocycles. The number of hydrogen-bond acceptors (Lipinski definition) is 2. The number of imidazole rings is 1. The second kappa shape index (κ2) is 3.20. The van der Waals surface area contributed by atoms with Gasteiger partial charge in [0.1, 0.15) is 5.69 Å². The predicted molar refractivity (Wildman–Crippen MR) is 61.4 cm³/mol. The van der Waals surface area contributed by atoms with Gasteiger partial charge in [-0.3, -0.25) is 5.10 Å². The van der Waals surface area contributed by atoms with E-state index in [1.54, 1.807) is 12.4 Å². The van der Waals surface area contributed by atoms with E-state index in [1.807, 2.05) is 18.2 Å². The largest absolute Gasteiger partial charge is 0.343 e. The third-order valence-electron chi connectivity index (χ3n) is 2.25. The van der Waals surface area contributed by atoms with E-state index in [9.17, 15) is 0 Å². The molecule has 0 saturated carbocycles. The minimum atomic E-state index is 0.777. The quantitative estimate of drug-likeness (QED) is 0.709. The SMILES string of the molecule is Brc1ccc2[nH]nc(-c3ncc[nH]3)c2c1. The lowest BCUT2D eigenvalue weighted by Gasteiger charge is -1.93. The van der Waals surface area contributed by atoms with Crippen molar-refractivity contribution < 1.29 is 0 Å². The Morgan fingerprint density at radius 3 is 3.00 bits per heavy atom. The Morgan fingerprint density at radius 1 is 1.27 bits per heavy atom. The average molecular weight is 263 g/mol. The molecule has 0 bridgehead atoms. The summed E-state index contributed by atoms with van der Waals surface area (Å²) in [6, 6.07) is 5.99. The summed E-state index contributed by atoms with van der Waals surface area (Å²) in [6.45, 7) is 0. The molecule has 2 N–H and O–H groups in total. The highest BCUT2D eigenvalue weighted by Crippen LogP contribution is 2.26. The molecule has 0 unspecified atom stereocenters. The van der Waals surface area contributed by atoms with E-state index in [2.05, 4.69) is 36.1 Å². The molecule has 1 aromatic carbocycles. The fourth-order valence-corrected chi connectivity index (χ4v) is 1.92. The molecule has 0 fully saturated rings. The van der Waals surface area contributed by atoms with Crippen molar-refractivity contribution >= 4 is 26.8 Å². The number of fused-ring (bicyclic) bond motifs is 1. The smallest absolute Gasteiger partial charge is 0.158 e. The summed E-state index contributed by atoms with van der Waals surface area (Å²) in [7, 11) is 0. The van der Waals surface area contributed by atoms with Crippen LogP contribution in [0.15, 0.2) is 35.1 Å². The highest BCUT2D eigenvalue weighted by Gasteiger charge is 2.09. The highest BCUT2D eigenvalue weighted by atomic mass is 79.9. The number of nitrogens with zero attached hydrogens (tertiary/aromatic N) is 2. The Bertz CT molecular complexity index is 597. The van der Waals surface area contributed by atoms with Crippen LogP contribution in [0.25, 0.3) is 22.4 Å². The highest BCUT2D eigenvalue weighted by molar-refractivity contribution is 9.10. The molecule has 2 aromatic heterocycles. The monoisotopic (exact) mass is 262 g/mol. The molecule has 0 aliphatic rings. The first-order chi connectivity index (χ1) is 7.34. The maximum atomic E-state index is 4.24. The van der Waals surface area contributed by atoms with Crippen molar-refractivity contribution in [1.29, 1.82) is 0 Å². The van der Waals surface area contributed by atoms with Crippen molar-refractivity contribution in [1.82, 2.24) is 20.2 Å². The van der Waals surface area contributed by atoms with Gasteiger partial charge in [-0.15, -0.1) is 0 Å². The first-order valence-electron chi connectivity index (χ1n) is 4.48. The summed E-state index contributed by atoms with van der Waals surface area (Å²) in [5, 5.41) is 8.27. The van der Waals surface area contributed by atoms with Crippen LogP contribution in [0.2, 0.25) is 0 Å². The molecular weight excluding hydrogens is 256 g/mol. The molecule has 0 atom stereocenters. The van der Waals surface area contributed by atoms with Gasteiger partial charge in [-0.25, -0.2) is 4.98 Å². The zero-order chi connectivity index (χ0) is 10.3. The summed E-state index contributed by atoms with van der Waals surface area (Å²) in [5.74, 6) is 0.777. The second-order valence-corrected chi connectivity index (χ2v) is 4.12. The lowest BCUT2D eigenvalue weighted by Crippen LogP contribution is -1.80. The van der Waals surface area contributed by atoms with E-state index >= 15 is 0 Å². The summed E-state index contributed by atoms with van der Waals surface area (Å²) >= 11 is 3.44. The molecule has 2 heterocycles. The maximum Gasteiger partial charge on any atom is 0.158 e. The molecule has 0 spiro atoms. The van der Waals surface area contributed by atoms with Crippen LogP contribution >= 0.6 is 15.9 Å². The lowest BCUT2D eigenvalue weighted by molar-refractivity contribution is 1.10. The maximum absolute atomic E-state index is 4.24. The third kappa shape index (κ3) is 1.35. The molecule has 15 heavy (non-hydrogen) atoms. The van der Waals surface area contributed by atoms with Gasteiger partial charge in [0, 0.05) is 22.3 Å². The first-order valence-corrected chi connectivity index (χ1v) is 5.27. The van der Waals surface area contributed by atoms with E-state index in [4.69, 9.17) is 0 Å². The third-order valence-corrected chi connectivity index (χ3v) is 2.74. The molecule has 0 radical (unpaired) electrons.